The van der Waals surface area contributed by atoms with Gasteiger partial charge in [-0.1, -0.05) is 30.3 Å². The van der Waals surface area contributed by atoms with E-state index in [4.69, 9.17) is 24.1 Å². The highest BCUT2D eigenvalue weighted by Crippen LogP contribution is 2.21. The fourth-order valence-corrected chi connectivity index (χ4v) is 3.57. The third-order valence-corrected chi connectivity index (χ3v) is 5.24. The highest BCUT2D eigenvalue weighted by Gasteiger charge is 2.45. The lowest BCUT2D eigenvalue weighted by atomic mass is 10.0. The number of aliphatic hydroxyl groups excluding tert-OH is 1. The predicted octanol–water partition coefficient (Wildman–Crippen LogP) is 1.01. The number of methoxy groups -OCH3 is 1. The summed E-state index contributed by atoms with van der Waals surface area (Å²) >= 11 is 0. The largest absolute Gasteiger partial charge is 0.451 e. The molecule has 1 fully saturated rings. The number of allylic oxidation sites excluding steroid dienone is 1. The quantitative estimate of drug-likeness (QED) is 0.208. The van der Waals surface area contributed by atoms with Crippen LogP contribution < -0.4 is 0 Å². The van der Waals surface area contributed by atoms with Crippen LogP contribution in [0.4, 0.5) is 4.79 Å². The molecule has 196 valence electrons. The molecule has 1 saturated heterocycles. The number of aliphatic hydroxyl groups is 1. The first kappa shape index (κ1) is 28.8. The number of esters is 1. The number of amides is 2. The SMILES string of the molecule is CO[C@@H](C(=O)N1C(=O)OC[C@H]1Cc1ccccc1)[C@@H](OC(C)=O)C(=O)C=CC(=O)CCCOCCO. The highest BCUT2D eigenvalue weighted by molar-refractivity contribution is 6.05. The number of ketones is 2. The number of cyclic esters (lactones) is 1. The minimum atomic E-state index is -1.72. The average Bonchev–Trinajstić information content (AvgIpc) is 3.22. The summed E-state index contributed by atoms with van der Waals surface area (Å²) < 4.78 is 20.4. The van der Waals surface area contributed by atoms with Crippen LogP contribution >= 0.6 is 0 Å². The van der Waals surface area contributed by atoms with E-state index in [9.17, 15) is 24.0 Å². The molecule has 11 nitrogen and oxygen atoms in total. The van der Waals surface area contributed by atoms with Crippen molar-refractivity contribution >= 4 is 29.5 Å². The molecule has 1 N–H and O–H groups in total. The molecule has 0 bridgehead atoms. The van der Waals surface area contributed by atoms with Crippen LogP contribution in [0.25, 0.3) is 0 Å². The summed E-state index contributed by atoms with van der Waals surface area (Å²) in [5.41, 5.74) is 0.864. The topological polar surface area (TPSA) is 146 Å². The van der Waals surface area contributed by atoms with Crippen LogP contribution in [0.15, 0.2) is 42.5 Å². The normalized spacial score (nSPS) is 17.0. The van der Waals surface area contributed by atoms with Crippen LogP contribution in [-0.2, 0) is 44.5 Å². The van der Waals surface area contributed by atoms with E-state index < -0.39 is 42.0 Å². The Hall–Kier alpha value is -3.41. The molecular weight excluding hydrogens is 474 g/mol. The van der Waals surface area contributed by atoms with E-state index >= 15 is 0 Å². The highest BCUT2D eigenvalue weighted by atomic mass is 16.6. The van der Waals surface area contributed by atoms with Gasteiger partial charge in [0.2, 0.25) is 0 Å². The number of benzene rings is 1. The minimum absolute atomic E-state index is 0.0432. The number of imide groups is 1. The second-order valence-corrected chi connectivity index (χ2v) is 7.96. The van der Waals surface area contributed by atoms with Crippen molar-refractivity contribution in [2.45, 2.75) is 44.4 Å². The van der Waals surface area contributed by atoms with Gasteiger partial charge in [-0.15, -0.1) is 0 Å². The molecule has 0 radical (unpaired) electrons. The van der Waals surface area contributed by atoms with Crippen LogP contribution in [0.5, 0.6) is 0 Å². The van der Waals surface area contributed by atoms with Crippen molar-refractivity contribution in [3.63, 3.8) is 0 Å². The molecule has 1 heterocycles. The number of rotatable bonds is 15. The predicted molar refractivity (Wildman–Crippen MR) is 125 cm³/mol. The molecule has 2 amide bonds. The van der Waals surface area contributed by atoms with E-state index in [2.05, 4.69) is 0 Å². The lowest BCUT2D eigenvalue weighted by Gasteiger charge is -2.27. The number of nitrogens with zero attached hydrogens (tertiary/aromatic N) is 1. The van der Waals surface area contributed by atoms with Gasteiger partial charge in [0.05, 0.1) is 19.3 Å². The first-order chi connectivity index (χ1) is 17.3. The average molecular weight is 506 g/mol. The fraction of sp³-hybridized carbons (Fsp3) is 0.480. The van der Waals surface area contributed by atoms with Crippen molar-refractivity contribution in [2.75, 3.05) is 33.5 Å². The summed E-state index contributed by atoms with van der Waals surface area (Å²) in [7, 11) is 1.14. The third kappa shape index (κ3) is 8.67. The Bertz CT molecular complexity index is 945. The van der Waals surface area contributed by atoms with Gasteiger partial charge in [0.1, 0.15) is 6.61 Å². The third-order valence-electron chi connectivity index (χ3n) is 5.24. The number of carbonyl (C=O) groups is 5. The minimum Gasteiger partial charge on any atom is -0.451 e. The molecule has 1 aliphatic heterocycles. The van der Waals surface area contributed by atoms with E-state index in [1.807, 2.05) is 30.3 Å². The number of hydrogen-bond acceptors (Lipinski definition) is 10. The van der Waals surface area contributed by atoms with E-state index in [1.54, 1.807) is 0 Å². The second kappa shape index (κ2) is 14.9. The van der Waals surface area contributed by atoms with E-state index in [-0.39, 0.29) is 38.6 Å². The Kier molecular flexibility index (Phi) is 11.9. The van der Waals surface area contributed by atoms with Gasteiger partial charge in [-0.3, -0.25) is 19.2 Å². The lowest BCUT2D eigenvalue weighted by Crippen LogP contribution is -2.53. The molecule has 0 saturated carbocycles. The van der Waals surface area contributed by atoms with Crippen molar-refractivity contribution in [2.24, 2.45) is 0 Å². The maximum absolute atomic E-state index is 13.3. The number of carbonyl (C=O) groups excluding carboxylic acids is 5. The maximum Gasteiger partial charge on any atom is 0.417 e. The number of hydrogen-bond donors (Lipinski definition) is 1. The Labute approximate surface area is 208 Å². The molecule has 0 unspecified atom stereocenters. The van der Waals surface area contributed by atoms with Gasteiger partial charge in [0.15, 0.2) is 23.8 Å². The van der Waals surface area contributed by atoms with Crippen LogP contribution in [0.1, 0.15) is 25.3 Å². The zero-order valence-electron chi connectivity index (χ0n) is 20.3. The van der Waals surface area contributed by atoms with Gasteiger partial charge in [-0.2, -0.15) is 0 Å². The van der Waals surface area contributed by atoms with Crippen LogP contribution in [0.3, 0.4) is 0 Å². The molecular formula is C25H31NO10. The zero-order chi connectivity index (χ0) is 26.5. The van der Waals surface area contributed by atoms with Gasteiger partial charge in [0.25, 0.3) is 5.91 Å². The van der Waals surface area contributed by atoms with Gasteiger partial charge in [-0.05, 0) is 30.6 Å². The molecule has 36 heavy (non-hydrogen) atoms. The van der Waals surface area contributed by atoms with E-state index in [0.29, 0.717) is 12.8 Å². The molecule has 2 rings (SSSR count). The summed E-state index contributed by atoms with van der Waals surface area (Å²) in [6.45, 7) is 1.32. The van der Waals surface area contributed by atoms with Crippen molar-refractivity contribution in [3.05, 3.63) is 48.0 Å². The smallest absolute Gasteiger partial charge is 0.417 e. The Morgan fingerprint density at radius 3 is 2.50 bits per heavy atom. The van der Waals surface area contributed by atoms with Gasteiger partial charge >= 0.3 is 12.1 Å². The maximum atomic E-state index is 13.3. The standard InChI is InChI=1S/C25H31NO10/c1-17(28)36-22(21(30)11-10-20(29)9-6-13-34-14-12-27)23(33-2)24(31)26-19(16-35-25(26)32)15-18-7-4-3-5-8-18/h3-5,7-8,10-11,19,22-23,27H,6,9,12-16H2,1-2H3/t19-,22+,23-/m1/s1. The van der Waals surface area contributed by atoms with Crippen molar-refractivity contribution in [1.29, 1.82) is 0 Å². The van der Waals surface area contributed by atoms with Gasteiger partial charge in [0, 0.05) is 27.1 Å². The molecule has 0 aromatic heterocycles. The Balaban J connectivity index is 2.13. The number of ether oxygens (including phenoxy) is 4. The van der Waals surface area contributed by atoms with E-state index in [1.165, 1.54) is 0 Å². The molecule has 1 aromatic carbocycles. The summed E-state index contributed by atoms with van der Waals surface area (Å²) in [6, 6.07) is 8.51. The van der Waals surface area contributed by atoms with E-state index in [0.717, 1.165) is 36.6 Å². The molecule has 11 heteroatoms. The van der Waals surface area contributed by atoms with Crippen molar-refractivity contribution in [1.82, 2.24) is 4.90 Å². The molecule has 1 aliphatic rings. The summed E-state index contributed by atoms with van der Waals surface area (Å²) in [6.07, 6.45) is -1.55. The Morgan fingerprint density at radius 1 is 1.14 bits per heavy atom. The monoisotopic (exact) mass is 505 g/mol. The van der Waals surface area contributed by atoms with Crippen molar-refractivity contribution < 1.29 is 48.0 Å². The van der Waals surface area contributed by atoms with Crippen molar-refractivity contribution in [3.8, 4) is 0 Å². The first-order valence-electron chi connectivity index (χ1n) is 11.5. The van der Waals surface area contributed by atoms with Crippen LogP contribution in [0.2, 0.25) is 0 Å². The van der Waals surface area contributed by atoms with Crippen LogP contribution in [0, 0.1) is 0 Å². The molecule has 0 spiro atoms. The Morgan fingerprint density at radius 2 is 1.86 bits per heavy atom. The second-order valence-electron chi connectivity index (χ2n) is 7.96. The van der Waals surface area contributed by atoms with Gasteiger partial charge in [-0.25, -0.2) is 9.69 Å². The molecule has 0 aliphatic carbocycles. The summed E-state index contributed by atoms with van der Waals surface area (Å²) in [5, 5.41) is 8.66. The molecule has 3 atom stereocenters. The van der Waals surface area contributed by atoms with Crippen LogP contribution in [-0.4, -0.2) is 91.3 Å². The zero-order valence-corrected chi connectivity index (χ0v) is 20.3. The lowest BCUT2D eigenvalue weighted by molar-refractivity contribution is -0.166. The summed E-state index contributed by atoms with van der Waals surface area (Å²) in [4.78, 5) is 63.1. The van der Waals surface area contributed by atoms with Gasteiger partial charge < -0.3 is 24.1 Å². The fourth-order valence-electron chi connectivity index (χ4n) is 3.57. The summed E-state index contributed by atoms with van der Waals surface area (Å²) in [5.74, 6) is -3.00. The first-order valence-corrected chi connectivity index (χ1v) is 11.5. The molecule has 1 aromatic rings.